The van der Waals surface area contributed by atoms with Gasteiger partial charge in [0.25, 0.3) is 0 Å². The fourth-order valence-corrected chi connectivity index (χ4v) is 4.46. The van der Waals surface area contributed by atoms with Gasteiger partial charge in [-0.05, 0) is 33.9 Å². The number of hydrazone groups is 1. The summed E-state index contributed by atoms with van der Waals surface area (Å²) >= 11 is 0. The second kappa shape index (κ2) is 8.06. The van der Waals surface area contributed by atoms with Gasteiger partial charge in [-0.1, -0.05) is 84.9 Å². The van der Waals surface area contributed by atoms with Crippen LogP contribution in [0.1, 0.15) is 22.7 Å². The van der Waals surface area contributed by atoms with Crippen molar-refractivity contribution in [2.75, 3.05) is 26.2 Å². The first-order valence-electron chi connectivity index (χ1n) is 10.3. The molecule has 1 saturated heterocycles. The molecule has 3 nitrogen and oxygen atoms in total. The summed E-state index contributed by atoms with van der Waals surface area (Å²) in [6.45, 7) is 3.95. The minimum absolute atomic E-state index is 0.367. The molecule has 1 heterocycles. The molecule has 0 unspecified atom stereocenters. The molecule has 3 aromatic rings. The number of allylic oxidation sites excluding steroid dienone is 1. The van der Waals surface area contributed by atoms with Crippen molar-refractivity contribution in [2.45, 2.75) is 6.04 Å². The molecule has 0 saturated carbocycles. The van der Waals surface area contributed by atoms with Gasteiger partial charge >= 0.3 is 0 Å². The van der Waals surface area contributed by atoms with Crippen molar-refractivity contribution in [1.29, 1.82) is 0 Å². The predicted molar refractivity (Wildman–Crippen MR) is 121 cm³/mol. The maximum Gasteiger partial charge on any atom is 0.0615 e. The third-order valence-corrected chi connectivity index (χ3v) is 5.86. The third-order valence-electron chi connectivity index (χ3n) is 5.86. The lowest BCUT2D eigenvalue weighted by Gasteiger charge is -2.37. The first-order chi connectivity index (χ1) is 14.4. The number of rotatable bonds is 4. The minimum Gasteiger partial charge on any atom is -0.294 e. The second-order valence-electron chi connectivity index (χ2n) is 7.60. The summed E-state index contributed by atoms with van der Waals surface area (Å²) in [5.74, 6) is 0. The van der Waals surface area contributed by atoms with Gasteiger partial charge in [0.05, 0.1) is 6.04 Å². The van der Waals surface area contributed by atoms with Gasteiger partial charge in [0.1, 0.15) is 0 Å². The smallest absolute Gasteiger partial charge is 0.0615 e. The number of nitrogens with zero attached hydrogens (tertiary/aromatic N) is 3. The molecule has 144 valence electrons. The van der Waals surface area contributed by atoms with Crippen LogP contribution in [0.2, 0.25) is 0 Å². The van der Waals surface area contributed by atoms with Crippen molar-refractivity contribution in [2.24, 2.45) is 5.10 Å². The van der Waals surface area contributed by atoms with Crippen LogP contribution >= 0.6 is 0 Å². The lowest BCUT2D eigenvalue weighted by molar-refractivity contribution is 0.114. The Morgan fingerprint density at radius 3 is 1.93 bits per heavy atom. The molecule has 1 fully saturated rings. The van der Waals surface area contributed by atoms with E-state index in [1.807, 2.05) is 18.4 Å². The highest BCUT2D eigenvalue weighted by molar-refractivity contribution is 5.79. The van der Waals surface area contributed by atoms with Crippen molar-refractivity contribution >= 4 is 12.3 Å². The lowest BCUT2D eigenvalue weighted by atomic mass is 10.0. The van der Waals surface area contributed by atoms with E-state index in [1.54, 1.807) is 0 Å². The minimum atomic E-state index is 0.367. The zero-order valence-corrected chi connectivity index (χ0v) is 16.5. The molecule has 0 spiro atoms. The number of benzene rings is 3. The molecule has 0 N–H and O–H groups in total. The van der Waals surface area contributed by atoms with Crippen LogP contribution in [-0.4, -0.2) is 42.3 Å². The first kappa shape index (κ1) is 17.9. The average molecular weight is 380 g/mol. The van der Waals surface area contributed by atoms with Crippen LogP contribution in [0.5, 0.6) is 0 Å². The Morgan fingerprint density at radius 2 is 1.28 bits per heavy atom. The third kappa shape index (κ3) is 3.62. The highest BCUT2D eigenvalue weighted by Crippen LogP contribution is 2.46. The number of piperazine rings is 1. The maximum absolute atomic E-state index is 4.64. The largest absolute Gasteiger partial charge is 0.294 e. The highest BCUT2D eigenvalue weighted by atomic mass is 15.5. The van der Waals surface area contributed by atoms with Crippen LogP contribution in [0.15, 0.2) is 90.0 Å². The average Bonchev–Trinajstić information content (AvgIpc) is 3.12. The van der Waals surface area contributed by atoms with Crippen molar-refractivity contribution in [3.05, 3.63) is 102 Å². The van der Waals surface area contributed by atoms with E-state index in [0.717, 1.165) is 26.2 Å². The molecule has 29 heavy (non-hydrogen) atoms. The monoisotopic (exact) mass is 379 g/mol. The van der Waals surface area contributed by atoms with Gasteiger partial charge in [0, 0.05) is 32.4 Å². The van der Waals surface area contributed by atoms with E-state index in [2.05, 4.69) is 93.9 Å². The van der Waals surface area contributed by atoms with Crippen LogP contribution < -0.4 is 0 Å². The molecule has 3 aromatic carbocycles. The van der Waals surface area contributed by atoms with Gasteiger partial charge in [0.15, 0.2) is 0 Å². The summed E-state index contributed by atoms with van der Waals surface area (Å²) < 4.78 is 0. The predicted octanol–water partition coefficient (Wildman–Crippen LogP) is 5.07. The summed E-state index contributed by atoms with van der Waals surface area (Å²) in [5, 5.41) is 6.82. The van der Waals surface area contributed by atoms with Crippen molar-refractivity contribution < 1.29 is 0 Å². The van der Waals surface area contributed by atoms with Gasteiger partial charge in [-0.3, -0.25) is 9.91 Å². The summed E-state index contributed by atoms with van der Waals surface area (Å²) in [4.78, 5) is 2.61. The Balaban J connectivity index is 1.25. The number of hydrogen-bond acceptors (Lipinski definition) is 3. The van der Waals surface area contributed by atoms with Gasteiger partial charge < -0.3 is 0 Å². The molecule has 0 amide bonds. The molecular weight excluding hydrogens is 354 g/mol. The van der Waals surface area contributed by atoms with Crippen LogP contribution in [-0.2, 0) is 0 Å². The second-order valence-corrected chi connectivity index (χ2v) is 7.60. The van der Waals surface area contributed by atoms with E-state index in [0.29, 0.717) is 6.04 Å². The van der Waals surface area contributed by atoms with Gasteiger partial charge in [-0.15, -0.1) is 0 Å². The Kier molecular flexibility index (Phi) is 4.97. The van der Waals surface area contributed by atoms with E-state index in [9.17, 15) is 0 Å². The Bertz CT molecular complexity index is 985. The summed E-state index contributed by atoms with van der Waals surface area (Å²) in [6.07, 6.45) is 6.01. The van der Waals surface area contributed by atoms with E-state index < -0.39 is 0 Å². The molecule has 1 aliphatic carbocycles. The molecule has 0 aromatic heterocycles. The molecule has 1 aliphatic heterocycles. The van der Waals surface area contributed by atoms with Gasteiger partial charge in [-0.25, -0.2) is 0 Å². The molecule has 5 rings (SSSR count). The normalized spacial score (nSPS) is 17.2. The molecule has 0 atom stereocenters. The van der Waals surface area contributed by atoms with E-state index in [4.69, 9.17) is 0 Å². The number of hydrogen-bond donors (Lipinski definition) is 0. The Hall–Kier alpha value is -3.17. The fourth-order valence-electron chi connectivity index (χ4n) is 4.46. The first-order valence-corrected chi connectivity index (χ1v) is 10.3. The van der Waals surface area contributed by atoms with Crippen LogP contribution in [0, 0.1) is 0 Å². The van der Waals surface area contributed by atoms with E-state index in [-0.39, 0.29) is 0 Å². The van der Waals surface area contributed by atoms with Crippen LogP contribution in [0.4, 0.5) is 0 Å². The topological polar surface area (TPSA) is 18.8 Å². The Morgan fingerprint density at radius 1 is 0.690 bits per heavy atom. The zero-order valence-electron chi connectivity index (χ0n) is 16.5. The van der Waals surface area contributed by atoms with E-state index >= 15 is 0 Å². The Labute approximate surface area is 172 Å². The molecule has 0 bridgehead atoms. The zero-order chi connectivity index (χ0) is 19.5. The summed E-state index contributed by atoms with van der Waals surface area (Å²) in [6, 6.07) is 28.4. The molecule has 2 aliphatic rings. The quantitative estimate of drug-likeness (QED) is 0.589. The molecular formula is C26H25N3. The standard InChI is InChI=1S/C26H25N3/c1-2-9-21(10-3-1)11-8-16-27-29-19-17-28(18-20-29)26-24-14-6-4-12-22(24)23-13-5-7-15-25(23)26/h1-16,26H,17-20H2/b11-8+,27-16?. The van der Waals surface area contributed by atoms with Crippen LogP contribution in [0.25, 0.3) is 17.2 Å². The lowest BCUT2D eigenvalue weighted by Crippen LogP contribution is -2.45. The van der Waals surface area contributed by atoms with E-state index in [1.165, 1.54) is 27.8 Å². The molecule has 0 radical (unpaired) electrons. The number of fused-ring (bicyclic) bond motifs is 3. The van der Waals surface area contributed by atoms with Crippen molar-refractivity contribution in [3.63, 3.8) is 0 Å². The summed E-state index contributed by atoms with van der Waals surface area (Å²) in [5.41, 5.74) is 6.86. The van der Waals surface area contributed by atoms with Crippen LogP contribution in [0.3, 0.4) is 0 Å². The van der Waals surface area contributed by atoms with Gasteiger partial charge in [0.2, 0.25) is 0 Å². The van der Waals surface area contributed by atoms with Crippen molar-refractivity contribution in [1.82, 2.24) is 9.91 Å². The molecule has 3 heteroatoms. The van der Waals surface area contributed by atoms with Crippen molar-refractivity contribution in [3.8, 4) is 11.1 Å². The maximum atomic E-state index is 4.64. The summed E-state index contributed by atoms with van der Waals surface area (Å²) in [7, 11) is 0. The van der Waals surface area contributed by atoms with Gasteiger partial charge in [-0.2, -0.15) is 5.10 Å². The SMILES string of the molecule is C(/C=C/c1ccccc1)=NN1CCN(C2c3ccccc3-c3ccccc32)CC1. The fraction of sp³-hybridized carbons (Fsp3) is 0.192. The highest BCUT2D eigenvalue weighted by Gasteiger charge is 2.33.